The molecule has 0 spiro atoms. The maximum Gasteiger partial charge on any atom is 0.331 e. The monoisotopic (exact) mass is 241 g/mol. The van der Waals surface area contributed by atoms with E-state index in [1.54, 1.807) is 0 Å². The number of ether oxygens (including phenoxy) is 1. The van der Waals surface area contributed by atoms with Gasteiger partial charge in [-0.1, -0.05) is 0 Å². The van der Waals surface area contributed by atoms with Crippen molar-refractivity contribution in [2.24, 2.45) is 0 Å². The quantitative estimate of drug-likeness (QED) is 0.595. The Hall–Kier alpha value is -1.95. The molecule has 1 unspecified atom stereocenters. The van der Waals surface area contributed by atoms with E-state index in [1.165, 1.54) is 12.1 Å². The van der Waals surface area contributed by atoms with E-state index in [0.29, 0.717) is 12.1 Å². The van der Waals surface area contributed by atoms with Crippen LogP contribution in [0.3, 0.4) is 0 Å². The lowest BCUT2D eigenvalue weighted by atomic mass is 10.2. The number of benzene rings is 1. The van der Waals surface area contributed by atoms with Crippen molar-refractivity contribution in [3.8, 4) is 0 Å². The van der Waals surface area contributed by atoms with E-state index in [9.17, 15) is 14.0 Å². The van der Waals surface area contributed by atoms with Crippen LogP contribution >= 0.6 is 0 Å². The summed E-state index contributed by atoms with van der Waals surface area (Å²) in [6, 6.07) is 3.82. The van der Waals surface area contributed by atoms with Gasteiger partial charge in [0, 0.05) is 5.69 Å². The van der Waals surface area contributed by atoms with Crippen LogP contribution in [0.25, 0.3) is 0 Å². The molecule has 1 aromatic rings. The second-order valence-electron chi connectivity index (χ2n) is 3.21. The number of aliphatic hydroxyl groups is 1. The summed E-state index contributed by atoms with van der Waals surface area (Å²) in [5.74, 6) is -1.21. The summed E-state index contributed by atoms with van der Waals surface area (Å²) in [5, 5.41) is 9.07. The molecule has 1 amide bonds. The zero-order valence-corrected chi connectivity index (χ0v) is 9.17. The number of methoxy groups -OCH3 is 1. The number of carbonyl (C=O) groups excluding carboxylic acids is 2. The number of hydrogen-bond donors (Lipinski definition) is 1. The minimum atomic E-state index is -1.14. The Morgan fingerprint density at radius 2 is 2.12 bits per heavy atom. The Labute approximate surface area is 97.4 Å². The number of nitrogens with zero attached hydrogens (tertiary/aromatic N) is 1. The van der Waals surface area contributed by atoms with Gasteiger partial charge in [-0.2, -0.15) is 0 Å². The van der Waals surface area contributed by atoms with Gasteiger partial charge in [0.1, 0.15) is 5.82 Å². The maximum atomic E-state index is 12.7. The summed E-state index contributed by atoms with van der Waals surface area (Å²) in [6.07, 6.45) is 0.380. The van der Waals surface area contributed by atoms with Crippen LogP contribution in [-0.2, 0) is 14.3 Å². The summed E-state index contributed by atoms with van der Waals surface area (Å²) in [7, 11) is 1.15. The van der Waals surface area contributed by atoms with Crippen LogP contribution in [0.15, 0.2) is 24.3 Å². The maximum absolute atomic E-state index is 12.7. The van der Waals surface area contributed by atoms with Gasteiger partial charge in [-0.3, -0.25) is 9.69 Å². The molecule has 0 aliphatic carbocycles. The van der Waals surface area contributed by atoms with Gasteiger partial charge in [-0.05, 0) is 24.3 Å². The van der Waals surface area contributed by atoms with Crippen molar-refractivity contribution in [2.45, 2.75) is 6.04 Å². The van der Waals surface area contributed by atoms with Gasteiger partial charge >= 0.3 is 5.97 Å². The predicted molar refractivity (Wildman–Crippen MR) is 57.8 cm³/mol. The molecule has 0 fully saturated rings. The topological polar surface area (TPSA) is 66.8 Å². The number of amides is 1. The number of carbonyl (C=O) groups is 2. The molecular formula is C11H12FNO4. The molecule has 0 aliphatic rings. The zero-order chi connectivity index (χ0) is 12.8. The average molecular weight is 241 g/mol. The van der Waals surface area contributed by atoms with Gasteiger partial charge in [0.25, 0.3) is 0 Å². The summed E-state index contributed by atoms with van der Waals surface area (Å²) in [5.41, 5.74) is 0.297. The number of anilines is 1. The van der Waals surface area contributed by atoms with Gasteiger partial charge in [0.2, 0.25) is 6.41 Å². The molecule has 1 N–H and O–H groups in total. The summed E-state index contributed by atoms with van der Waals surface area (Å²) in [6.45, 7) is -0.581. The third-order valence-electron chi connectivity index (χ3n) is 2.22. The number of halogens is 1. The lowest BCUT2D eigenvalue weighted by molar-refractivity contribution is -0.143. The van der Waals surface area contributed by atoms with Crippen molar-refractivity contribution in [1.82, 2.24) is 0 Å². The van der Waals surface area contributed by atoms with Gasteiger partial charge in [0.15, 0.2) is 6.04 Å². The highest BCUT2D eigenvalue weighted by molar-refractivity contribution is 5.89. The molecule has 6 heteroatoms. The van der Waals surface area contributed by atoms with Crippen molar-refractivity contribution in [2.75, 3.05) is 18.6 Å². The van der Waals surface area contributed by atoms with E-state index in [1.807, 2.05) is 0 Å². The van der Waals surface area contributed by atoms with E-state index in [2.05, 4.69) is 4.74 Å². The highest BCUT2D eigenvalue weighted by atomic mass is 19.1. The average Bonchev–Trinajstić information content (AvgIpc) is 2.36. The highest BCUT2D eigenvalue weighted by Crippen LogP contribution is 2.16. The van der Waals surface area contributed by atoms with Crippen LogP contribution in [0, 0.1) is 5.82 Å². The van der Waals surface area contributed by atoms with Gasteiger partial charge < -0.3 is 9.84 Å². The molecule has 1 rings (SSSR count). The van der Waals surface area contributed by atoms with E-state index in [0.717, 1.165) is 24.1 Å². The van der Waals surface area contributed by atoms with Crippen LogP contribution in [-0.4, -0.2) is 37.2 Å². The minimum Gasteiger partial charge on any atom is -0.467 e. The Balaban J connectivity index is 3.00. The van der Waals surface area contributed by atoms with Gasteiger partial charge in [0.05, 0.1) is 13.7 Å². The predicted octanol–water partition coefficient (Wildman–Crippen LogP) is 0.322. The third kappa shape index (κ3) is 3.01. The molecule has 1 atom stereocenters. The first-order valence-corrected chi connectivity index (χ1v) is 4.82. The molecule has 1 aromatic carbocycles. The number of aliphatic hydroxyl groups excluding tert-OH is 1. The van der Waals surface area contributed by atoms with Gasteiger partial charge in [-0.25, -0.2) is 9.18 Å². The van der Waals surface area contributed by atoms with Crippen LogP contribution in [0.4, 0.5) is 10.1 Å². The van der Waals surface area contributed by atoms with Crippen molar-refractivity contribution in [3.05, 3.63) is 30.1 Å². The summed E-state index contributed by atoms with van der Waals surface area (Å²) < 4.78 is 17.2. The standard InChI is InChI=1S/C11H12FNO4/c1-17-11(16)10(6-14)13(7-15)9-4-2-8(12)3-5-9/h2-5,7,10,14H,6H2,1H3. The zero-order valence-electron chi connectivity index (χ0n) is 9.17. The molecule has 0 aromatic heterocycles. The third-order valence-corrected chi connectivity index (χ3v) is 2.22. The Bertz CT molecular complexity index is 393. The fraction of sp³-hybridized carbons (Fsp3) is 0.273. The molecule has 0 saturated carbocycles. The molecule has 0 radical (unpaired) electrons. The first-order valence-electron chi connectivity index (χ1n) is 4.82. The summed E-state index contributed by atoms with van der Waals surface area (Å²) >= 11 is 0. The second kappa shape index (κ2) is 5.95. The number of rotatable bonds is 5. The molecule has 17 heavy (non-hydrogen) atoms. The number of hydrogen-bond acceptors (Lipinski definition) is 4. The van der Waals surface area contributed by atoms with Crippen LogP contribution in [0.2, 0.25) is 0 Å². The van der Waals surface area contributed by atoms with E-state index < -0.39 is 24.4 Å². The lowest BCUT2D eigenvalue weighted by Crippen LogP contribution is -2.44. The van der Waals surface area contributed by atoms with Crippen molar-refractivity contribution < 1.29 is 23.8 Å². The van der Waals surface area contributed by atoms with E-state index in [-0.39, 0.29) is 0 Å². The highest BCUT2D eigenvalue weighted by Gasteiger charge is 2.26. The fourth-order valence-electron chi connectivity index (χ4n) is 1.34. The molecule has 0 heterocycles. The van der Waals surface area contributed by atoms with Crippen LogP contribution in [0.5, 0.6) is 0 Å². The normalized spacial score (nSPS) is 11.7. The SMILES string of the molecule is COC(=O)C(CO)N(C=O)c1ccc(F)cc1. The van der Waals surface area contributed by atoms with Crippen molar-refractivity contribution in [1.29, 1.82) is 0 Å². The number of esters is 1. The Morgan fingerprint density at radius 3 is 2.53 bits per heavy atom. The van der Waals surface area contributed by atoms with Crippen LogP contribution < -0.4 is 4.90 Å². The van der Waals surface area contributed by atoms with Crippen LogP contribution in [0.1, 0.15) is 0 Å². The van der Waals surface area contributed by atoms with E-state index >= 15 is 0 Å². The molecule has 0 saturated heterocycles. The molecular weight excluding hydrogens is 229 g/mol. The van der Waals surface area contributed by atoms with Gasteiger partial charge in [-0.15, -0.1) is 0 Å². The first kappa shape index (κ1) is 13.1. The fourth-order valence-corrected chi connectivity index (χ4v) is 1.34. The van der Waals surface area contributed by atoms with E-state index in [4.69, 9.17) is 5.11 Å². The molecule has 5 nitrogen and oxygen atoms in total. The Morgan fingerprint density at radius 1 is 1.53 bits per heavy atom. The summed E-state index contributed by atoms with van der Waals surface area (Å²) in [4.78, 5) is 23.2. The molecule has 0 aliphatic heterocycles. The minimum absolute atomic E-state index is 0.297. The Kier molecular flexibility index (Phi) is 4.59. The van der Waals surface area contributed by atoms with Crippen molar-refractivity contribution in [3.63, 3.8) is 0 Å². The molecule has 0 bridgehead atoms. The molecule has 92 valence electrons. The largest absolute Gasteiger partial charge is 0.467 e. The smallest absolute Gasteiger partial charge is 0.331 e. The second-order valence-corrected chi connectivity index (χ2v) is 3.21. The first-order chi connectivity index (χ1) is 8.13. The lowest BCUT2D eigenvalue weighted by Gasteiger charge is -2.24. The van der Waals surface area contributed by atoms with Crippen molar-refractivity contribution >= 4 is 18.1 Å².